The van der Waals surface area contributed by atoms with Gasteiger partial charge in [-0.15, -0.1) is 11.3 Å². The summed E-state index contributed by atoms with van der Waals surface area (Å²) in [6, 6.07) is 9.80. The summed E-state index contributed by atoms with van der Waals surface area (Å²) in [6.45, 7) is 2.91. The number of hydrogen-bond donors (Lipinski definition) is 3. The molecule has 142 valence electrons. The van der Waals surface area contributed by atoms with Crippen molar-refractivity contribution in [2.24, 2.45) is 0 Å². The zero-order chi connectivity index (χ0) is 19.4. The van der Waals surface area contributed by atoms with Crippen LogP contribution in [-0.4, -0.2) is 53.5 Å². The number of hydrogen-bond acceptors (Lipinski definition) is 5. The first kappa shape index (κ1) is 19.1. The monoisotopic (exact) mass is 387 g/mol. The highest BCUT2D eigenvalue weighted by atomic mass is 32.1. The summed E-state index contributed by atoms with van der Waals surface area (Å²) in [5.41, 5.74) is 0.919. The molecule has 27 heavy (non-hydrogen) atoms. The molecule has 1 fully saturated rings. The molecule has 0 spiro atoms. The molecular weight excluding hydrogens is 366 g/mol. The number of carboxylic acids is 1. The Morgan fingerprint density at radius 3 is 2.70 bits per heavy atom. The van der Waals surface area contributed by atoms with Crippen LogP contribution in [0.25, 0.3) is 0 Å². The third-order valence-corrected chi connectivity index (χ3v) is 5.58. The average molecular weight is 387 g/mol. The first-order chi connectivity index (χ1) is 13.0. The molecule has 0 radical (unpaired) electrons. The summed E-state index contributed by atoms with van der Waals surface area (Å²) >= 11 is 1.37. The largest absolute Gasteiger partial charge is 0.480 e. The van der Waals surface area contributed by atoms with Crippen molar-refractivity contribution in [1.82, 2.24) is 10.2 Å². The number of aryl methyl sites for hydroxylation is 1. The van der Waals surface area contributed by atoms with Gasteiger partial charge in [-0.05, 0) is 24.6 Å². The van der Waals surface area contributed by atoms with E-state index in [4.69, 9.17) is 0 Å². The first-order valence-electron chi connectivity index (χ1n) is 8.74. The van der Waals surface area contributed by atoms with Gasteiger partial charge in [0.15, 0.2) is 0 Å². The minimum absolute atomic E-state index is 0.0948. The molecule has 1 atom stereocenters. The first-order valence-corrected chi connectivity index (χ1v) is 9.55. The summed E-state index contributed by atoms with van der Waals surface area (Å²) in [5.74, 6) is -1.52. The molecule has 0 bridgehead atoms. The van der Waals surface area contributed by atoms with Gasteiger partial charge in [-0.1, -0.05) is 25.1 Å². The van der Waals surface area contributed by atoms with Gasteiger partial charge in [0.1, 0.15) is 11.0 Å². The van der Waals surface area contributed by atoms with E-state index in [-0.39, 0.29) is 18.4 Å². The van der Waals surface area contributed by atoms with Crippen LogP contribution < -0.4 is 10.6 Å². The number of anilines is 1. The van der Waals surface area contributed by atoms with E-state index in [1.165, 1.54) is 16.2 Å². The normalized spacial score (nSPS) is 16.8. The number of piperazine rings is 1. The van der Waals surface area contributed by atoms with E-state index in [0.29, 0.717) is 29.2 Å². The molecule has 1 unspecified atom stereocenters. The second-order valence-corrected chi connectivity index (χ2v) is 7.36. The van der Waals surface area contributed by atoms with E-state index in [1.807, 2.05) is 13.0 Å². The number of amides is 2. The van der Waals surface area contributed by atoms with Crippen LogP contribution in [0.5, 0.6) is 0 Å². The number of thiophene rings is 1. The molecule has 1 saturated heterocycles. The lowest BCUT2D eigenvalue weighted by molar-refractivity contribution is -0.140. The number of aliphatic carboxylic acids is 1. The highest BCUT2D eigenvalue weighted by molar-refractivity contribution is 7.16. The average Bonchev–Trinajstić information content (AvgIpc) is 3.11. The molecule has 3 N–H and O–H groups in total. The lowest BCUT2D eigenvalue weighted by Crippen LogP contribution is -2.55. The van der Waals surface area contributed by atoms with Crippen molar-refractivity contribution in [2.45, 2.75) is 19.4 Å². The third-order valence-electron chi connectivity index (χ3n) is 4.39. The van der Waals surface area contributed by atoms with E-state index in [9.17, 15) is 19.5 Å². The number of rotatable bonds is 5. The Labute approximate surface area is 161 Å². The molecule has 0 aliphatic carbocycles. The molecule has 3 rings (SSSR count). The number of carbonyl (C=O) groups excluding carboxylic acids is 2. The fourth-order valence-electron chi connectivity index (χ4n) is 2.90. The third kappa shape index (κ3) is 4.35. The summed E-state index contributed by atoms with van der Waals surface area (Å²) in [5, 5.41) is 15.4. The van der Waals surface area contributed by atoms with Crippen LogP contribution in [0.15, 0.2) is 36.4 Å². The van der Waals surface area contributed by atoms with Gasteiger partial charge in [0, 0.05) is 30.1 Å². The Morgan fingerprint density at radius 2 is 2.04 bits per heavy atom. The number of nitrogens with zero attached hydrogens (tertiary/aromatic N) is 1. The maximum absolute atomic E-state index is 13.0. The van der Waals surface area contributed by atoms with Crippen LogP contribution in [0.1, 0.15) is 32.5 Å². The Morgan fingerprint density at radius 1 is 1.30 bits per heavy atom. The van der Waals surface area contributed by atoms with Crippen molar-refractivity contribution in [3.63, 3.8) is 0 Å². The molecule has 1 aliphatic rings. The highest BCUT2D eigenvalue weighted by Gasteiger charge is 2.30. The molecule has 2 heterocycles. The Balaban J connectivity index is 1.82. The van der Waals surface area contributed by atoms with Crippen molar-refractivity contribution in [3.8, 4) is 0 Å². The van der Waals surface area contributed by atoms with Crippen molar-refractivity contribution in [1.29, 1.82) is 0 Å². The molecule has 1 aromatic carbocycles. The maximum atomic E-state index is 13.0. The van der Waals surface area contributed by atoms with E-state index < -0.39 is 12.0 Å². The second-order valence-electron chi connectivity index (χ2n) is 6.23. The zero-order valence-corrected chi connectivity index (χ0v) is 15.7. The van der Waals surface area contributed by atoms with Gasteiger partial charge in [-0.3, -0.25) is 14.4 Å². The van der Waals surface area contributed by atoms with Gasteiger partial charge in [-0.25, -0.2) is 0 Å². The summed E-state index contributed by atoms with van der Waals surface area (Å²) in [7, 11) is 0. The SMILES string of the molecule is CCc1cc(C(=O)N2CCNC(C(=O)O)C2)c(NC(=O)c2ccccc2)s1. The fourth-order valence-corrected chi connectivity index (χ4v) is 3.89. The quantitative estimate of drug-likeness (QED) is 0.729. The van der Waals surface area contributed by atoms with Gasteiger partial charge in [0.05, 0.1) is 5.56 Å². The summed E-state index contributed by atoms with van der Waals surface area (Å²) in [6.07, 6.45) is 0.742. The Kier molecular flexibility index (Phi) is 5.88. The Bertz CT molecular complexity index is 850. The second kappa shape index (κ2) is 8.32. The number of nitrogens with one attached hydrogen (secondary N) is 2. The topological polar surface area (TPSA) is 98.7 Å². The lowest BCUT2D eigenvalue weighted by Gasteiger charge is -2.31. The molecule has 0 saturated carbocycles. The van der Waals surface area contributed by atoms with Gasteiger partial charge < -0.3 is 20.6 Å². The van der Waals surface area contributed by atoms with E-state index in [1.54, 1.807) is 30.3 Å². The van der Waals surface area contributed by atoms with E-state index in [2.05, 4.69) is 10.6 Å². The number of benzene rings is 1. The van der Waals surface area contributed by atoms with Crippen LogP contribution in [0.4, 0.5) is 5.00 Å². The van der Waals surface area contributed by atoms with Crippen molar-refractivity contribution in [2.75, 3.05) is 25.0 Å². The molecular formula is C19H21N3O4S. The number of carboxylic acid groups (broad SMARTS) is 1. The van der Waals surface area contributed by atoms with Crippen LogP contribution in [0, 0.1) is 0 Å². The fraction of sp³-hybridized carbons (Fsp3) is 0.316. The molecule has 1 aliphatic heterocycles. The number of carbonyl (C=O) groups is 3. The lowest BCUT2D eigenvalue weighted by atomic mass is 10.1. The molecule has 1 aromatic heterocycles. The summed E-state index contributed by atoms with van der Waals surface area (Å²) in [4.78, 5) is 39.2. The smallest absolute Gasteiger partial charge is 0.322 e. The highest BCUT2D eigenvalue weighted by Crippen LogP contribution is 2.30. The van der Waals surface area contributed by atoms with E-state index >= 15 is 0 Å². The van der Waals surface area contributed by atoms with Crippen molar-refractivity contribution >= 4 is 34.1 Å². The van der Waals surface area contributed by atoms with Crippen molar-refractivity contribution < 1.29 is 19.5 Å². The summed E-state index contributed by atoms with van der Waals surface area (Å²) < 4.78 is 0. The van der Waals surface area contributed by atoms with E-state index in [0.717, 1.165) is 11.3 Å². The molecule has 2 amide bonds. The van der Waals surface area contributed by atoms with Crippen LogP contribution in [0.2, 0.25) is 0 Å². The van der Waals surface area contributed by atoms with Crippen LogP contribution >= 0.6 is 11.3 Å². The molecule has 8 heteroatoms. The minimum atomic E-state index is -0.982. The Hall–Kier alpha value is -2.71. The van der Waals surface area contributed by atoms with Gasteiger partial charge in [0.2, 0.25) is 0 Å². The maximum Gasteiger partial charge on any atom is 0.322 e. The van der Waals surface area contributed by atoms with Crippen LogP contribution in [0.3, 0.4) is 0 Å². The zero-order valence-electron chi connectivity index (χ0n) is 14.9. The van der Waals surface area contributed by atoms with Gasteiger partial charge in [0.25, 0.3) is 11.8 Å². The van der Waals surface area contributed by atoms with Crippen LogP contribution in [-0.2, 0) is 11.2 Å². The van der Waals surface area contributed by atoms with Gasteiger partial charge in [-0.2, -0.15) is 0 Å². The predicted octanol–water partition coefficient (Wildman–Crippen LogP) is 2.06. The standard InChI is InChI=1S/C19H21N3O4S/c1-2-13-10-14(18(24)22-9-8-20-15(11-22)19(25)26)17(27-13)21-16(23)12-6-4-3-5-7-12/h3-7,10,15,20H,2,8-9,11H2,1H3,(H,21,23)(H,25,26). The van der Waals surface area contributed by atoms with Gasteiger partial charge >= 0.3 is 5.97 Å². The predicted molar refractivity (Wildman–Crippen MR) is 103 cm³/mol. The van der Waals surface area contributed by atoms with Crippen molar-refractivity contribution in [3.05, 3.63) is 52.4 Å². The minimum Gasteiger partial charge on any atom is -0.480 e. The molecule has 7 nitrogen and oxygen atoms in total. The molecule has 2 aromatic rings.